The zero-order valence-electron chi connectivity index (χ0n) is 17.6. The van der Waals surface area contributed by atoms with E-state index in [1.54, 1.807) is 26.2 Å². The highest BCUT2D eigenvalue weighted by Crippen LogP contribution is 2.33. The third-order valence-corrected chi connectivity index (χ3v) is 6.06. The van der Waals surface area contributed by atoms with Gasteiger partial charge in [0.15, 0.2) is 5.11 Å². The number of rotatable bonds is 6. The van der Waals surface area contributed by atoms with E-state index in [2.05, 4.69) is 28.6 Å². The van der Waals surface area contributed by atoms with Crippen LogP contribution in [0.2, 0.25) is 0 Å². The van der Waals surface area contributed by atoms with Crippen molar-refractivity contribution in [3.8, 4) is 5.75 Å². The SMILES string of the molecule is C=CCc1cc(C=C2C(=O)N(C)C(=S)N(C)C2=O)cc(Br)c1OCc1cccc(C)c1. The average molecular weight is 499 g/mol. The van der Waals surface area contributed by atoms with E-state index in [9.17, 15) is 9.59 Å². The Balaban J connectivity index is 1.95. The molecule has 2 aromatic rings. The number of ether oxygens (including phenoxy) is 1. The van der Waals surface area contributed by atoms with E-state index in [1.165, 1.54) is 15.4 Å². The Kier molecular flexibility index (Phi) is 7.08. The van der Waals surface area contributed by atoms with Crippen LogP contribution in [0.15, 0.2) is 59.1 Å². The van der Waals surface area contributed by atoms with Gasteiger partial charge in [0, 0.05) is 14.1 Å². The van der Waals surface area contributed by atoms with Crippen molar-refractivity contribution in [3.05, 3.63) is 81.4 Å². The van der Waals surface area contributed by atoms with Crippen LogP contribution in [0.5, 0.6) is 5.75 Å². The molecule has 1 fully saturated rings. The van der Waals surface area contributed by atoms with E-state index >= 15 is 0 Å². The maximum Gasteiger partial charge on any atom is 0.265 e. The van der Waals surface area contributed by atoms with Crippen molar-refractivity contribution in [2.24, 2.45) is 0 Å². The highest BCUT2D eigenvalue weighted by atomic mass is 79.9. The first-order chi connectivity index (χ1) is 14.7. The van der Waals surface area contributed by atoms with Gasteiger partial charge < -0.3 is 4.74 Å². The lowest BCUT2D eigenvalue weighted by molar-refractivity contribution is -0.132. The molecule has 0 spiro atoms. The molecule has 7 heteroatoms. The first-order valence-corrected chi connectivity index (χ1v) is 10.9. The van der Waals surface area contributed by atoms with Crippen molar-refractivity contribution >= 4 is 51.2 Å². The molecule has 160 valence electrons. The predicted octanol–water partition coefficient (Wildman–Crippen LogP) is 4.66. The Labute approximate surface area is 196 Å². The third-order valence-electron chi connectivity index (χ3n) is 4.93. The first kappa shape index (κ1) is 22.9. The van der Waals surface area contributed by atoms with Crippen molar-refractivity contribution in [1.82, 2.24) is 9.80 Å². The number of benzene rings is 2. The van der Waals surface area contributed by atoms with Gasteiger partial charge in [0.1, 0.15) is 17.9 Å². The van der Waals surface area contributed by atoms with Crippen LogP contribution in [-0.2, 0) is 22.6 Å². The highest BCUT2D eigenvalue weighted by Gasteiger charge is 2.35. The predicted molar refractivity (Wildman–Crippen MR) is 130 cm³/mol. The van der Waals surface area contributed by atoms with Gasteiger partial charge in [0.2, 0.25) is 0 Å². The lowest BCUT2D eigenvalue weighted by Crippen LogP contribution is -2.52. The van der Waals surface area contributed by atoms with Crippen LogP contribution in [0.3, 0.4) is 0 Å². The number of amides is 2. The Morgan fingerprint density at radius 2 is 1.81 bits per heavy atom. The summed E-state index contributed by atoms with van der Waals surface area (Å²) < 4.78 is 6.85. The molecule has 5 nitrogen and oxygen atoms in total. The second-order valence-corrected chi connectivity index (χ2v) is 8.55. The smallest absolute Gasteiger partial charge is 0.265 e. The Bertz CT molecular complexity index is 1080. The maximum absolute atomic E-state index is 12.6. The number of carbonyl (C=O) groups excluding carboxylic acids is 2. The van der Waals surface area contributed by atoms with Crippen LogP contribution in [0.4, 0.5) is 0 Å². The van der Waals surface area contributed by atoms with E-state index < -0.39 is 11.8 Å². The number of aryl methyl sites for hydroxylation is 1. The van der Waals surface area contributed by atoms with E-state index in [4.69, 9.17) is 17.0 Å². The Morgan fingerprint density at radius 3 is 2.42 bits per heavy atom. The molecule has 0 saturated carbocycles. The van der Waals surface area contributed by atoms with Crippen LogP contribution in [0, 0.1) is 6.92 Å². The molecule has 1 saturated heterocycles. The second kappa shape index (κ2) is 9.58. The zero-order chi connectivity index (χ0) is 22.7. The number of hydrogen-bond acceptors (Lipinski definition) is 4. The summed E-state index contributed by atoms with van der Waals surface area (Å²) >= 11 is 8.73. The topological polar surface area (TPSA) is 49.9 Å². The Hall–Kier alpha value is -2.77. The number of carbonyl (C=O) groups is 2. The molecule has 31 heavy (non-hydrogen) atoms. The molecule has 0 unspecified atom stereocenters. The quantitative estimate of drug-likeness (QED) is 0.251. The van der Waals surface area contributed by atoms with Crippen LogP contribution in [-0.4, -0.2) is 40.8 Å². The standard InChI is InChI=1S/C24H23BrN2O3S/c1-5-7-18-11-17(12-19-22(28)26(3)24(31)27(4)23(19)29)13-20(25)21(18)30-14-16-9-6-8-15(2)10-16/h5-6,8-13H,1,7,14H2,2-4H3. The van der Waals surface area contributed by atoms with E-state index in [-0.39, 0.29) is 10.7 Å². The number of nitrogens with zero attached hydrogens (tertiary/aromatic N) is 2. The molecular formula is C24H23BrN2O3S. The summed E-state index contributed by atoms with van der Waals surface area (Å²) in [5.41, 5.74) is 3.91. The lowest BCUT2D eigenvalue weighted by atomic mass is 10.0. The highest BCUT2D eigenvalue weighted by molar-refractivity contribution is 9.10. The summed E-state index contributed by atoms with van der Waals surface area (Å²) in [5.74, 6) is -0.135. The summed E-state index contributed by atoms with van der Waals surface area (Å²) in [6.07, 6.45) is 3.95. The maximum atomic E-state index is 12.6. The fourth-order valence-electron chi connectivity index (χ4n) is 3.32. The fraction of sp³-hybridized carbons (Fsp3) is 0.208. The van der Waals surface area contributed by atoms with Crippen molar-refractivity contribution in [1.29, 1.82) is 0 Å². The summed E-state index contributed by atoms with van der Waals surface area (Å²) in [5, 5.41) is 0.181. The average Bonchev–Trinajstić information content (AvgIpc) is 2.73. The van der Waals surface area contributed by atoms with Crippen molar-refractivity contribution in [2.75, 3.05) is 14.1 Å². The summed E-state index contributed by atoms with van der Waals surface area (Å²) in [6.45, 7) is 6.30. The molecule has 0 aliphatic carbocycles. The fourth-order valence-corrected chi connectivity index (χ4v) is 4.12. The molecule has 1 aliphatic rings. The third kappa shape index (κ3) is 4.94. The summed E-state index contributed by atoms with van der Waals surface area (Å²) in [4.78, 5) is 27.8. The molecule has 0 bridgehead atoms. The van der Waals surface area contributed by atoms with Gasteiger partial charge in [-0.2, -0.15) is 0 Å². The number of likely N-dealkylation sites (N-methyl/N-ethyl adjacent to an activating group) is 2. The van der Waals surface area contributed by atoms with Gasteiger partial charge in [-0.25, -0.2) is 0 Å². The van der Waals surface area contributed by atoms with Crippen molar-refractivity contribution < 1.29 is 14.3 Å². The van der Waals surface area contributed by atoms with Gasteiger partial charge in [-0.05, 0) is 76.4 Å². The van der Waals surface area contributed by atoms with E-state index in [0.717, 1.165) is 15.6 Å². The lowest BCUT2D eigenvalue weighted by Gasteiger charge is -2.31. The van der Waals surface area contributed by atoms with E-state index in [1.807, 2.05) is 37.3 Å². The van der Waals surface area contributed by atoms with Gasteiger partial charge in [0.05, 0.1) is 4.47 Å². The molecule has 1 aliphatic heterocycles. The molecule has 0 aromatic heterocycles. The minimum Gasteiger partial charge on any atom is -0.487 e. The van der Waals surface area contributed by atoms with Crippen LogP contribution >= 0.6 is 28.1 Å². The molecule has 0 atom stereocenters. The van der Waals surface area contributed by atoms with Crippen LogP contribution in [0.25, 0.3) is 6.08 Å². The zero-order valence-corrected chi connectivity index (χ0v) is 20.0. The van der Waals surface area contributed by atoms with Crippen LogP contribution < -0.4 is 4.74 Å². The van der Waals surface area contributed by atoms with Crippen molar-refractivity contribution in [3.63, 3.8) is 0 Å². The van der Waals surface area contributed by atoms with Gasteiger partial charge in [0.25, 0.3) is 11.8 Å². The van der Waals surface area contributed by atoms with E-state index in [0.29, 0.717) is 24.3 Å². The normalized spacial score (nSPS) is 14.2. The Morgan fingerprint density at radius 1 is 1.13 bits per heavy atom. The number of thiocarbonyl (C=S) groups is 1. The monoisotopic (exact) mass is 498 g/mol. The molecule has 0 radical (unpaired) electrons. The minimum absolute atomic E-state index is 0.0588. The van der Waals surface area contributed by atoms with Gasteiger partial charge >= 0.3 is 0 Å². The van der Waals surface area contributed by atoms with Crippen LogP contribution in [0.1, 0.15) is 22.3 Å². The van der Waals surface area contributed by atoms with Gasteiger partial charge in [-0.1, -0.05) is 35.9 Å². The number of halogens is 1. The minimum atomic E-state index is -0.422. The second-order valence-electron chi connectivity index (χ2n) is 7.33. The van der Waals surface area contributed by atoms with Crippen molar-refractivity contribution in [2.45, 2.75) is 20.0 Å². The molecule has 3 rings (SSSR count). The molecule has 2 aromatic carbocycles. The summed E-state index contributed by atoms with van der Waals surface area (Å²) in [7, 11) is 3.12. The molecule has 0 N–H and O–H groups in total. The van der Waals surface area contributed by atoms with Gasteiger partial charge in [-0.15, -0.1) is 6.58 Å². The van der Waals surface area contributed by atoms with Gasteiger partial charge in [-0.3, -0.25) is 19.4 Å². The number of hydrogen-bond donors (Lipinski definition) is 0. The molecule has 1 heterocycles. The number of allylic oxidation sites excluding steroid dienone is 1. The largest absolute Gasteiger partial charge is 0.487 e. The first-order valence-electron chi connectivity index (χ1n) is 9.66. The summed E-state index contributed by atoms with van der Waals surface area (Å²) in [6, 6.07) is 11.9. The molecular weight excluding hydrogens is 476 g/mol. The molecule has 2 amide bonds.